The molecule has 4 rings (SSSR count). The number of carbonyl (C=O) groups excluding carboxylic acids is 1. The molecule has 2 N–H and O–H groups in total. The fourth-order valence-electron chi connectivity index (χ4n) is 4.25. The van der Waals surface area contributed by atoms with Crippen LogP contribution >= 0.6 is 0 Å². The lowest BCUT2D eigenvalue weighted by Crippen LogP contribution is -2.45. The second-order valence-electron chi connectivity index (χ2n) is 8.03. The Balaban J connectivity index is 1.16. The first-order chi connectivity index (χ1) is 14.7. The third-order valence-electron chi connectivity index (χ3n) is 5.93. The molecule has 0 radical (unpaired) electrons. The first kappa shape index (κ1) is 20.3. The summed E-state index contributed by atoms with van der Waals surface area (Å²) >= 11 is 0. The van der Waals surface area contributed by atoms with Crippen LogP contribution in [0.4, 0.5) is 5.69 Å². The van der Waals surface area contributed by atoms with Gasteiger partial charge in [0, 0.05) is 57.9 Å². The molecule has 0 aliphatic carbocycles. The molecule has 0 aromatic heterocycles. The van der Waals surface area contributed by atoms with Gasteiger partial charge in [-0.25, -0.2) is 0 Å². The van der Waals surface area contributed by atoms with Crippen molar-refractivity contribution in [3.05, 3.63) is 65.7 Å². The third-order valence-corrected chi connectivity index (χ3v) is 5.93. The summed E-state index contributed by atoms with van der Waals surface area (Å²) in [7, 11) is 1.80. The van der Waals surface area contributed by atoms with Gasteiger partial charge in [-0.3, -0.25) is 9.79 Å². The molecule has 1 unspecified atom stereocenters. The Kier molecular flexibility index (Phi) is 6.52. The number of fused-ring (bicyclic) bond motifs is 1. The quantitative estimate of drug-likeness (QED) is 0.441. The molecular formula is C24H31N5O. The Hall–Kier alpha value is -3.02. The van der Waals surface area contributed by atoms with Gasteiger partial charge in [-0.2, -0.15) is 0 Å². The van der Waals surface area contributed by atoms with E-state index in [4.69, 9.17) is 0 Å². The number of hydrogen-bond donors (Lipinski definition) is 2. The molecule has 1 saturated heterocycles. The lowest BCUT2D eigenvalue weighted by molar-refractivity contribution is -0.131. The van der Waals surface area contributed by atoms with Crippen LogP contribution in [-0.2, 0) is 17.9 Å². The van der Waals surface area contributed by atoms with Gasteiger partial charge in [-0.1, -0.05) is 42.5 Å². The normalized spacial score (nSPS) is 18.4. The molecule has 1 atom stereocenters. The molecule has 1 fully saturated rings. The number of aliphatic imine (C=N–C) groups is 1. The zero-order chi connectivity index (χ0) is 20.8. The maximum atomic E-state index is 12.5. The van der Waals surface area contributed by atoms with Crippen molar-refractivity contribution in [1.82, 2.24) is 15.5 Å². The maximum absolute atomic E-state index is 12.5. The van der Waals surface area contributed by atoms with Gasteiger partial charge >= 0.3 is 0 Å². The van der Waals surface area contributed by atoms with E-state index >= 15 is 0 Å². The molecule has 30 heavy (non-hydrogen) atoms. The van der Waals surface area contributed by atoms with Gasteiger partial charge in [0.2, 0.25) is 5.91 Å². The molecule has 6 nitrogen and oxygen atoms in total. The van der Waals surface area contributed by atoms with Gasteiger partial charge in [-0.05, 0) is 36.1 Å². The number of guanidine groups is 1. The number of amides is 1. The highest BCUT2D eigenvalue weighted by Gasteiger charge is 2.24. The molecule has 1 amide bonds. The highest BCUT2D eigenvalue weighted by Crippen LogP contribution is 2.23. The van der Waals surface area contributed by atoms with Crippen molar-refractivity contribution in [2.24, 2.45) is 4.99 Å². The summed E-state index contributed by atoms with van der Waals surface area (Å²) in [6.45, 7) is 4.24. The number of nitrogens with zero attached hydrogens (tertiary/aromatic N) is 3. The van der Waals surface area contributed by atoms with Gasteiger partial charge in [0.1, 0.15) is 0 Å². The van der Waals surface area contributed by atoms with E-state index in [1.54, 1.807) is 7.05 Å². The van der Waals surface area contributed by atoms with E-state index in [0.717, 1.165) is 51.5 Å². The monoisotopic (exact) mass is 405 g/mol. The molecule has 2 heterocycles. The highest BCUT2D eigenvalue weighted by atomic mass is 16.2. The third kappa shape index (κ3) is 4.93. The average Bonchev–Trinajstić information content (AvgIpc) is 3.43. The van der Waals surface area contributed by atoms with Crippen molar-refractivity contribution in [3.8, 4) is 0 Å². The van der Waals surface area contributed by atoms with E-state index in [-0.39, 0.29) is 5.91 Å². The van der Waals surface area contributed by atoms with Crippen LogP contribution < -0.4 is 15.5 Å². The molecule has 2 aromatic carbocycles. The van der Waals surface area contributed by atoms with Crippen LogP contribution in [-0.4, -0.2) is 49.5 Å². The number of nitrogens with one attached hydrogen (secondary N) is 2. The maximum Gasteiger partial charge on any atom is 0.223 e. The zero-order valence-electron chi connectivity index (χ0n) is 17.7. The number of carbonyl (C=O) groups is 1. The molecule has 0 spiro atoms. The largest absolute Gasteiger partial charge is 0.369 e. The van der Waals surface area contributed by atoms with Crippen LogP contribution in [0.5, 0.6) is 0 Å². The predicted molar refractivity (Wildman–Crippen MR) is 121 cm³/mol. The van der Waals surface area contributed by atoms with Crippen LogP contribution in [0.25, 0.3) is 0 Å². The van der Waals surface area contributed by atoms with E-state index in [9.17, 15) is 4.79 Å². The van der Waals surface area contributed by atoms with Crippen molar-refractivity contribution >= 4 is 17.6 Å². The van der Waals surface area contributed by atoms with Gasteiger partial charge in [0.15, 0.2) is 5.96 Å². The van der Waals surface area contributed by atoms with Crippen molar-refractivity contribution in [1.29, 1.82) is 0 Å². The average molecular weight is 406 g/mol. The van der Waals surface area contributed by atoms with Gasteiger partial charge < -0.3 is 20.4 Å². The summed E-state index contributed by atoms with van der Waals surface area (Å²) in [6.07, 6.45) is 2.44. The molecule has 0 saturated carbocycles. The van der Waals surface area contributed by atoms with Gasteiger partial charge in [0.25, 0.3) is 0 Å². The van der Waals surface area contributed by atoms with Crippen molar-refractivity contribution in [2.75, 3.05) is 31.6 Å². The summed E-state index contributed by atoms with van der Waals surface area (Å²) < 4.78 is 0. The lowest BCUT2D eigenvalue weighted by Gasteiger charge is -2.20. The number of hydrogen-bond acceptors (Lipinski definition) is 3. The molecule has 158 valence electrons. The first-order valence-corrected chi connectivity index (χ1v) is 10.8. The van der Waals surface area contributed by atoms with E-state index in [0.29, 0.717) is 12.5 Å². The Morgan fingerprint density at radius 2 is 1.77 bits per heavy atom. The number of benzene rings is 2. The summed E-state index contributed by atoms with van der Waals surface area (Å²) in [6, 6.07) is 19.2. The van der Waals surface area contributed by atoms with Crippen molar-refractivity contribution in [2.45, 2.75) is 38.4 Å². The van der Waals surface area contributed by atoms with Crippen LogP contribution in [0.3, 0.4) is 0 Å². The Morgan fingerprint density at radius 1 is 1.07 bits per heavy atom. The van der Waals surface area contributed by atoms with Crippen molar-refractivity contribution < 1.29 is 4.79 Å². The zero-order valence-corrected chi connectivity index (χ0v) is 17.7. The topological polar surface area (TPSA) is 60.0 Å². The second kappa shape index (κ2) is 9.65. The van der Waals surface area contributed by atoms with E-state index in [1.807, 2.05) is 23.1 Å². The van der Waals surface area contributed by atoms with Crippen molar-refractivity contribution in [3.63, 3.8) is 0 Å². The minimum absolute atomic E-state index is 0.227. The fraction of sp³-hybridized carbons (Fsp3) is 0.417. The number of para-hydroxylation sites is 1. The van der Waals surface area contributed by atoms with E-state index in [2.05, 4.69) is 56.9 Å². The fourth-order valence-corrected chi connectivity index (χ4v) is 4.25. The minimum Gasteiger partial charge on any atom is -0.369 e. The van der Waals surface area contributed by atoms with Gasteiger partial charge in [0.05, 0.1) is 0 Å². The SMILES string of the molecule is CN=C(NCCCC(=O)N1Cc2ccccc2C1)NC1CCN(c2ccccc2)C1. The molecule has 0 bridgehead atoms. The number of rotatable bonds is 6. The number of anilines is 1. The molecule has 2 aromatic rings. The smallest absolute Gasteiger partial charge is 0.223 e. The Morgan fingerprint density at radius 3 is 2.47 bits per heavy atom. The second-order valence-corrected chi connectivity index (χ2v) is 8.03. The molecular weight excluding hydrogens is 374 g/mol. The molecule has 2 aliphatic rings. The summed E-state index contributed by atoms with van der Waals surface area (Å²) in [4.78, 5) is 21.2. The first-order valence-electron chi connectivity index (χ1n) is 10.8. The molecule has 6 heteroatoms. The predicted octanol–water partition coefficient (Wildman–Crippen LogP) is 2.75. The Bertz CT molecular complexity index is 857. The summed E-state index contributed by atoms with van der Waals surface area (Å²) in [5.74, 6) is 1.04. The van der Waals surface area contributed by atoms with Crippen LogP contribution in [0.15, 0.2) is 59.6 Å². The van der Waals surface area contributed by atoms with E-state index in [1.165, 1.54) is 16.8 Å². The van der Waals surface area contributed by atoms with Crippen LogP contribution in [0.2, 0.25) is 0 Å². The van der Waals surface area contributed by atoms with Crippen LogP contribution in [0, 0.1) is 0 Å². The summed E-state index contributed by atoms with van der Waals surface area (Å²) in [5.41, 5.74) is 3.82. The lowest BCUT2D eigenvalue weighted by atomic mass is 10.1. The Labute approximate surface area is 179 Å². The summed E-state index contributed by atoms with van der Waals surface area (Å²) in [5, 5.41) is 6.89. The highest BCUT2D eigenvalue weighted by molar-refractivity contribution is 5.80. The standard InChI is InChI=1S/C24H31N5O/c1-25-24(27-21-13-15-28(18-21)22-10-3-2-4-11-22)26-14-7-12-23(30)29-16-19-8-5-6-9-20(19)17-29/h2-6,8-11,21H,7,12-18H2,1H3,(H2,25,26,27). The molecule has 2 aliphatic heterocycles. The minimum atomic E-state index is 0.227. The van der Waals surface area contributed by atoms with Gasteiger partial charge in [-0.15, -0.1) is 0 Å². The van der Waals surface area contributed by atoms with Crippen LogP contribution in [0.1, 0.15) is 30.4 Å². The van der Waals surface area contributed by atoms with E-state index < -0.39 is 0 Å².